The summed E-state index contributed by atoms with van der Waals surface area (Å²) in [5.41, 5.74) is -1.60. The number of nitrogens with zero attached hydrogens (tertiary/aromatic N) is 3. The Morgan fingerprint density at radius 3 is 2.26 bits per heavy atom. The first-order valence-electron chi connectivity index (χ1n) is 5.82. The average molecular weight is 269 g/mol. The Balaban J connectivity index is 2.95. The van der Waals surface area contributed by atoms with Gasteiger partial charge in [-0.2, -0.15) is 0 Å². The number of aromatic nitrogens is 3. The van der Waals surface area contributed by atoms with E-state index in [1.54, 1.807) is 34.6 Å². The summed E-state index contributed by atoms with van der Waals surface area (Å²) in [4.78, 5) is 23.4. The fourth-order valence-electron chi connectivity index (χ4n) is 1.30. The van der Waals surface area contributed by atoms with Crippen LogP contribution in [0.1, 0.15) is 45.1 Å². The molecule has 0 spiro atoms. The molecule has 0 saturated carbocycles. The number of methoxy groups -OCH3 is 1. The van der Waals surface area contributed by atoms with E-state index in [4.69, 9.17) is 4.74 Å². The molecule has 0 saturated heterocycles. The third-order valence-corrected chi connectivity index (χ3v) is 2.36. The number of carbonyl (C=O) groups is 2. The fraction of sp³-hybridized carbons (Fsp3) is 0.667. The second kappa shape index (κ2) is 4.99. The molecule has 1 aromatic heterocycles. The molecule has 0 fully saturated rings. The van der Waals surface area contributed by atoms with Gasteiger partial charge in [0.2, 0.25) is 0 Å². The summed E-state index contributed by atoms with van der Waals surface area (Å²) in [5.74, 6) is -1.06. The molecule has 0 aliphatic heterocycles. The molecule has 0 N–H and O–H groups in total. The van der Waals surface area contributed by atoms with Crippen molar-refractivity contribution in [3.63, 3.8) is 0 Å². The van der Waals surface area contributed by atoms with Crippen molar-refractivity contribution in [2.75, 3.05) is 7.11 Å². The van der Waals surface area contributed by atoms with Crippen LogP contribution in [-0.4, -0.2) is 39.6 Å². The number of hydrogen-bond donors (Lipinski definition) is 0. The number of esters is 2. The van der Waals surface area contributed by atoms with Gasteiger partial charge in [0.05, 0.1) is 13.3 Å². The zero-order valence-corrected chi connectivity index (χ0v) is 12.1. The first-order chi connectivity index (χ1) is 8.58. The maximum atomic E-state index is 11.8. The molecule has 0 radical (unpaired) electrons. The first-order valence-corrected chi connectivity index (χ1v) is 5.82. The van der Waals surface area contributed by atoms with Crippen LogP contribution in [0.4, 0.5) is 0 Å². The van der Waals surface area contributed by atoms with Crippen LogP contribution in [0.15, 0.2) is 6.20 Å². The van der Waals surface area contributed by atoms with Crippen LogP contribution in [0, 0.1) is 0 Å². The number of rotatable bonds is 3. The van der Waals surface area contributed by atoms with Gasteiger partial charge < -0.3 is 9.47 Å². The summed E-state index contributed by atoms with van der Waals surface area (Å²) in [6, 6.07) is 0. The van der Waals surface area contributed by atoms with Crippen molar-refractivity contribution in [1.82, 2.24) is 15.0 Å². The zero-order valence-electron chi connectivity index (χ0n) is 12.1. The van der Waals surface area contributed by atoms with Crippen LogP contribution in [0.5, 0.6) is 0 Å². The second-order valence-corrected chi connectivity index (χ2v) is 5.60. The molecule has 7 heteroatoms. The van der Waals surface area contributed by atoms with E-state index < -0.39 is 23.1 Å². The quantitative estimate of drug-likeness (QED) is 0.765. The maximum absolute atomic E-state index is 11.8. The van der Waals surface area contributed by atoms with Crippen molar-refractivity contribution < 1.29 is 19.1 Å². The molecular weight excluding hydrogens is 250 g/mol. The van der Waals surface area contributed by atoms with Crippen molar-refractivity contribution in [3.05, 3.63) is 11.9 Å². The monoisotopic (exact) mass is 269 g/mol. The Labute approximate surface area is 111 Å². The summed E-state index contributed by atoms with van der Waals surface area (Å²) in [6.45, 7) is 8.51. The normalized spacial score (nSPS) is 12.1. The summed E-state index contributed by atoms with van der Waals surface area (Å²) in [7, 11) is 1.29. The molecular formula is C12H19N3O4. The molecule has 0 aliphatic carbocycles. The van der Waals surface area contributed by atoms with Crippen LogP contribution < -0.4 is 0 Å². The lowest BCUT2D eigenvalue weighted by Crippen LogP contribution is -2.37. The lowest BCUT2D eigenvalue weighted by molar-refractivity contribution is -0.150. The van der Waals surface area contributed by atoms with E-state index in [1.165, 1.54) is 18.0 Å². The zero-order chi connectivity index (χ0) is 14.8. The highest BCUT2D eigenvalue weighted by Crippen LogP contribution is 2.17. The van der Waals surface area contributed by atoms with Crippen molar-refractivity contribution >= 4 is 11.9 Å². The third-order valence-electron chi connectivity index (χ3n) is 2.36. The fourth-order valence-corrected chi connectivity index (χ4v) is 1.30. The van der Waals surface area contributed by atoms with Gasteiger partial charge >= 0.3 is 11.9 Å². The van der Waals surface area contributed by atoms with Gasteiger partial charge in [-0.25, -0.2) is 14.3 Å². The molecule has 0 unspecified atom stereocenters. The van der Waals surface area contributed by atoms with Crippen molar-refractivity contribution in [2.24, 2.45) is 0 Å². The molecule has 1 aromatic rings. The molecule has 0 aliphatic rings. The van der Waals surface area contributed by atoms with Gasteiger partial charge in [-0.05, 0) is 34.6 Å². The Morgan fingerprint density at radius 2 is 1.79 bits per heavy atom. The van der Waals surface area contributed by atoms with Gasteiger partial charge in [0.25, 0.3) is 0 Å². The Bertz CT molecular complexity index is 485. The predicted molar refractivity (Wildman–Crippen MR) is 66.5 cm³/mol. The van der Waals surface area contributed by atoms with E-state index in [0.717, 1.165) is 0 Å². The number of hydrogen-bond acceptors (Lipinski definition) is 6. The lowest BCUT2D eigenvalue weighted by atomic mass is 10.1. The van der Waals surface area contributed by atoms with Crippen molar-refractivity contribution in [1.29, 1.82) is 0 Å². The summed E-state index contributed by atoms with van der Waals surface area (Å²) >= 11 is 0. The van der Waals surface area contributed by atoms with E-state index in [1.807, 2.05) is 0 Å². The molecule has 7 nitrogen and oxygen atoms in total. The van der Waals surface area contributed by atoms with Gasteiger partial charge in [-0.3, -0.25) is 0 Å². The summed E-state index contributed by atoms with van der Waals surface area (Å²) < 4.78 is 11.1. The Morgan fingerprint density at radius 1 is 1.21 bits per heavy atom. The predicted octanol–water partition coefficient (Wildman–Crippen LogP) is 1.14. The molecule has 106 valence electrons. The van der Waals surface area contributed by atoms with Crippen LogP contribution in [0.3, 0.4) is 0 Å². The highest BCUT2D eigenvalue weighted by atomic mass is 16.6. The van der Waals surface area contributed by atoms with Crippen LogP contribution in [-0.2, 0) is 19.8 Å². The van der Waals surface area contributed by atoms with Gasteiger partial charge in [0.15, 0.2) is 11.2 Å². The van der Waals surface area contributed by atoms with E-state index in [-0.39, 0.29) is 5.69 Å². The molecule has 19 heavy (non-hydrogen) atoms. The van der Waals surface area contributed by atoms with Gasteiger partial charge in [0, 0.05) is 0 Å². The van der Waals surface area contributed by atoms with Crippen molar-refractivity contribution in [2.45, 2.75) is 45.8 Å². The molecule has 1 rings (SSSR count). The lowest BCUT2D eigenvalue weighted by Gasteiger charge is -2.21. The smallest absolute Gasteiger partial charge is 0.361 e. The van der Waals surface area contributed by atoms with E-state index in [2.05, 4.69) is 15.0 Å². The maximum Gasteiger partial charge on any atom is 0.361 e. The average Bonchev–Trinajstić information content (AvgIpc) is 2.75. The Hall–Kier alpha value is -1.92. The van der Waals surface area contributed by atoms with Crippen LogP contribution in [0.25, 0.3) is 0 Å². The minimum absolute atomic E-state index is 0.0481. The first kappa shape index (κ1) is 15.1. The SMILES string of the molecule is COC(=O)C(C)(C)n1cc(C(=O)OC(C)(C)C)nn1. The van der Waals surface area contributed by atoms with Crippen molar-refractivity contribution in [3.8, 4) is 0 Å². The largest absolute Gasteiger partial charge is 0.467 e. The number of ether oxygens (including phenoxy) is 2. The van der Waals surface area contributed by atoms with Gasteiger partial charge in [-0.1, -0.05) is 5.21 Å². The molecule has 1 heterocycles. The highest BCUT2D eigenvalue weighted by Gasteiger charge is 2.33. The topological polar surface area (TPSA) is 83.3 Å². The van der Waals surface area contributed by atoms with Crippen LogP contribution in [0.2, 0.25) is 0 Å². The standard InChI is InChI=1S/C12H19N3O4/c1-11(2,3)19-9(16)8-7-15(14-13-8)12(4,5)10(17)18-6/h7H,1-6H3. The van der Waals surface area contributed by atoms with E-state index in [0.29, 0.717) is 0 Å². The van der Waals surface area contributed by atoms with Gasteiger partial charge in [0.1, 0.15) is 5.60 Å². The van der Waals surface area contributed by atoms with Crippen LogP contribution >= 0.6 is 0 Å². The Kier molecular flexibility index (Phi) is 3.97. The molecule has 0 aromatic carbocycles. The minimum Gasteiger partial charge on any atom is -0.467 e. The van der Waals surface area contributed by atoms with E-state index >= 15 is 0 Å². The van der Waals surface area contributed by atoms with Gasteiger partial charge in [-0.15, -0.1) is 5.10 Å². The second-order valence-electron chi connectivity index (χ2n) is 5.60. The summed E-state index contributed by atoms with van der Waals surface area (Å²) in [5, 5.41) is 7.49. The minimum atomic E-state index is -1.04. The summed E-state index contributed by atoms with van der Waals surface area (Å²) in [6.07, 6.45) is 1.37. The molecule has 0 amide bonds. The van der Waals surface area contributed by atoms with E-state index in [9.17, 15) is 9.59 Å². The molecule has 0 atom stereocenters. The third kappa shape index (κ3) is 3.52. The molecule has 0 bridgehead atoms. The highest BCUT2D eigenvalue weighted by molar-refractivity contribution is 5.87. The number of carbonyl (C=O) groups excluding carboxylic acids is 2.